The van der Waals surface area contributed by atoms with Crippen LogP contribution >= 0.6 is 0 Å². The molecule has 0 spiro atoms. The number of hydrogen-bond acceptors (Lipinski definition) is 4. The van der Waals surface area contributed by atoms with Gasteiger partial charge in [-0.3, -0.25) is 4.79 Å². The first-order valence-corrected chi connectivity index (χ1v) is 6.20. The number of carbonyl (C=O) groups is 1. The van der Waals surface area contributed by atoms with Crippen molar-refractivity contribution >= 4 is 11.6 Å². The lowest BCUT2D eigenvalue weighted by molar-refractivity contribution is 0.0988. The van der Waals surface area contributed by atoms with Gasteiger partial charge in [0.15, 0.2) is 0 Å². The van der Waals surface area contributed by atoms with Crippen LogP contribution in [0.1, 0.15) is 47.5 Å². The third kappa shape index (κ3) is 2.81. The maximum Gasteiger partial charge on any atom is 0.313 e. The fourth-order valence-corrected chi connectivity index (χ4v) is 1.62. The lowest BCUT2D eigenvalue weighted by atomic mass is 10.1. The molecule has 0 radical (unpaired) electrons. The SMILES string of the molecule is Cc1cccc(NC(=O)c2nnc(C(C)C)o2)c1C. The lowest BCUT2D eigenvalue weighted by Gasteiger charge is -2.08. The Labute approximate surface area is 112 Å². The van der Waals surface area contributed by atoms with Crippen molar-refractivity contribution < 1.29 is 9.21 Å². The van der Waals surface area contributed by atoms with Gasteiger partial charge in [0, 0.05) is 11.6 Å². The Hall–Kier alpha value is -2.17. The molecule has 1 amide bonds. The second-order valence-electron chi connectivity index (χ2n) is 4.80. The fraction of sp³-hybridized carbons (Fsp3) is 0.357. The van der Waals surface area contributed by atoms with Crippen LogP contribution in [0.25, 0.3) is 0 Å². The van der Waals surface area contributed by atoms with Gasteiger partial charge in [-0.25, -0.2) is 0 Å². The highest BCUT2D eigenvalue weighted by Gasteiger charge is 2.17. The summed E-state index contributed by atoms with van der Waals surface area (Å²) in [6.07, 6.45) is 0. The maximum absolute atomic E-state index is 12.0. The third-order valence-corrected chi connectivity index (χ3v) is 2.98. The van der Waals surface area contributed by atoms with E-state index in [0.717, 1.165) is 16.8 Å². The van der Waals surface area contributed by atoms with Crippen LogP contribution < -0.4 is 5.32 Å². The van der Waals surface area contributed by atoms with Crippen LogP contribution in [0.15, 0.2) is 22.6 Å². The van der Waals surface area contributed by atoms with E-state index >= 15 is 0 Å². The molecule has 1 N–H and O–H groups in total. The van der Waals surface area contributed by atoms with E-state index in [1.807, 2.05) is 45.9 Å². The number of nitrogens with zero attached hydrogens (tertiary/aromatic N) is 2. The van der Waals surface area contributed by atoms with Gasteiger partial charge >= 0.3 is 11.8 Å². The molecular weight excluding hydrogens is 242 g/mol. The number of nitrogens with one attached hydrogen (secondary N) is 1. The van der Waals surface area contributed by atoms with Crippen molar-refractivity contribution in [1.29, 1.82) is 0 Å². The molecule has 100 valence electrons. The van der Waals surface area contributed by atoms with Gasteiger partial charge in [-0.2, -0.15) is 0 Å². The number of amides is 1. The van der Waals surface area contributed by atoms with E-state index in [4.69, 9.17) is 4.42 Å². The largest absolute Gasteiger partial charge is 0.417 e. The smallest absolute Gasteiger partial charge is 0.313 e. The molecule has 0 aliphatic carbocycles. The summed E-state index contributed by atoms with van der Waals surface area (Å²) in [5.74, 6) is 0.179. The molecule has 1 aromatic carbocycles. The molecule has 0 unspecified atom stereocenters. The van der Waals surface area contributed by atoms with E-state index < -0.39 is 0 Å². The second-order valence-corrected chi connectivity index (χ2v) is 4.80. The van der Waals surface area contributed by atoms with Crippen molar-refractivity contribution in [2.45, 2.75) is 33.6 Å². The molecule has 1 aromatic heterocycles. The van der Waals surface area contributed by atoms with Crippen molar-refractivity contribution in [3.05, 3.63) is 41.1 Å². The Bertz CT molecular complexity index is 602. The summed E-state index contributed by atoms with van der Waals surface area (Å²) < 4.78 is 5.31. The first-order valence-electron chi connectivity index (χ1n) is 6.20. The van der Waals surface area contributed by atoms with Gasteiger partial charge in [0.05, 0.1) is 0 Å². The highest BCUT2D eigenvalue weighted by atomic mass is 16.4. The topological polar surface area (TPSA) is 68.0 Å². The molecule has 0 saturated carbocycles. The Balaban J connectivity index is 2.18. The van der Waals surface area contributed by atoms with E-state index in [-0.39, 0.29) is 17.7 Å². The Morgan fingerprint density at radius 2 is 2.00 bits per heavy atom. The number of rotatable bonds is 3. The minimum Gasteiger partial charge on any atom is -0.417 e. The van der Waals surface area contributed by atoms with E-state index in [2.05, 4.69) is 15.5 Å². The third-order valence-electron chi connectivity index (χ3n) is 2.98. The van der Waals surface area contributed by atoms with Gasteiger partial charge in [-0.1, -0.05) is 26.0 Å². The van der Waals surface area contributed by atoms with E-state index in [1.54, 1.807) is 0 Å². The molecule has 0 aliphatic heterocycles. The van der Waals surface area contributed by atoms with Crippen molar-refractivity contribution in [3.63, 3.8) is 0 Å². The van der Waals surface area contributed by atoms with Crippen LogP contribution in [0.3, 0.4) is 0 Å². The number of carbonyl (C=O) groups excluding carboxylic acids is 1. The van der Waals surface area contributed by atoms with Gasteiger partial charge in [-0.05, 0) is 31.0 Å². The molecule has 2 aromatic rings. The normalized spacial score (nSPS) is 10.8. The molecule has 19 heavy (non-hydrogen) atoms. The highest BCUT2D eigenvalue weighted by Crippen LogP contribution is 2.19. The second kappa shape index (κ2) is 5.22. The fourth-order valence-electron chi connectivity index (χ4n) is 1.62. The van der Waals surface area contributed by atoms with Gasteiger partial charge in [0.1, 0.15) is 0 Å². The van der Waals surface area contributed by atoms with Gasteiger partial charge in [-0.15, -0.1) is 10.2 Å². The number of anilines is 1. The average Bonchev–Trinajstić information content (AvgIpc) is 2.84. The molecule has 5 heteroatoms. The first kappa shape index (κ1) is 13.3. The average molecular weight is 259 g/mol. The minimum atomic E-state index is -0.381. The van der Waals surface area contributed by atoms with Crippen molar-refractivity contribution in [2.24, 2.45) is 0 Å². The predicted molar refractivity (Wildman–Crippen MR) is 72.3 cm³/mol. The number of hydrogen-bond donors (Lipinski definition) is 1. The molecular formula is C14H17N3O2. The summed E-state index contributed by atoms with van der Waals surface area (Å²) in [4.78, 5) is 12.0. The quantitative estimate of drug-likeness (QED) is 0.919. The summed E-state index contributed by atoms with van der Waals surface area (Å²) in [6, 6.07) is 5.74. The highest BCUT2D eigenvalue weighted by molar-refractivity contribution is 6.01. The van der Waals surface area contributed by atoms with Crippen LogP contribution in [0.5, 0.6) is 0 Å². The molecule has 1 heterocycles. The zero-order valence-electron chi connectivity index (χ0n) is 11.5. The number of aromatic nitrogens is 2. The molecule has 0 aliphatic rings. The Kier molecular flexibility index (Phi) is 3.64. The van der Waals surface area contributed by atoms with Crippen LogP contribution in [-0.2, 0) is 0 Å². The molecule has 5 nitrogen and oxygen atoms in total. The minimum absolute atomic E-state index is 0.00962. The van der Waals surface area contributed by atoms with E-state index in [1.165, 1.54) is 0 Å². The standard InChI is InChI=1S/C14H17N3O2/c1-8(2)13-16-17-14(19-13)12(18)15-11-7-5-6-9(3)10(11)4/h5-8H,1-4H3,(H,15,18). The van der Waals surface area contributed by atoms with Gasteiger partial charge < -0.3 is 9.73 Å². The Morgan fingerprint density at radius 3 is 2.63 bits per heavy atom. The summed E-state index contributed by atoms with van der Waals surface area (Å²) in [7, 11) is 0. The van der Waals surface area contributed by atoms with Crippen LogP contribution in [0, 0.1) is 13.8 Å². The van der Waals surface area contributed by atoms with Crippen molar-refractivity contribution in [1.82, 2.24) is 10.2 Å². The van der Waals surface area contributed by atoms with Crippen LogP contribution in [0.2, 0.25) is 0 Å². The van der Waals surface area contributed by atoms with E-state index in [9.17, 15) is 4.79 Å². The summed E-state index contributed by atoms with van der Waals surface area (Å²) in [5.41, 5.74) is 2.90. The van der Waals surface area contributed by atoms with Crippen LogP contribution in [-0.4, -0.2) is 16.1 Å². The molecule has 0 fully saturated rings. The first-order chi connectivity index (χ1) is 8.99. The molecule has 0 saturated heterocycles. The van der Waals surface area contributed by atoms with E-state index in [0.29, 0.717) is 5.89 Å². The maximum atomic E-state index is 12.0. The number of aryl methyl sites for hydroxylation is 1. The monoisotopic (exact) mass is 259 g/mol. The zero-order valence-corrected chi connectivity index (χ0v) is 11.5. The number of benzene rings is 1. The molecule has 0 atom stereocenters. The van der Waals surface area contributed by atoms with Crippen LogP contribution in [0.4, 0.5) is 5.69 Å². The van der Waals surface area contributed by atoms with Gasteiger partial charge in [0.25, 0.3) is 0 Å². The predicted octanol–water partition coefficient (Wildman–Crippen LogP) is 3.06. The van der Waals surface area contributed by atoms with Crippen molar-refractivity contribution in [2.75, 3.05) is 5.32 Å². The summed E-state index contributed by atoms with van der Waals surface area (Å²) >= 11 is 0. The van der Waals surface area contributed by atoms with Crippen molar-refractivity contribution in [3.8, 4) is 0 Å². The lowest BCUT2D eigenvalue weighted by Crippen LogP contribution is -2.13. The Morgan fingerprint density at radius 1 is 1.26 bits per heavy atom. The zero-order chi connectivity index (χ0) is 14.0. The van der Waals surface area contributed by atoms with Gasteiger partial charge in [0.2, 0.25) is 5.89 Å². The summed E-state index contributed by atoms with van der Waals surface area (Å²) in [5, 5.41) is 10.4. The molecule has 0 bridgehead atoms. The molecule has 2 rings (SSSR count). The summed E-state index contributed by atoms with van der Waals surface area (Å²) in [6.45, 7) is 7.81.